The summed E-state index contributed by atoms with van der Waals surface area (Å²) in [7, 11) is 0. The molecule has 0 heterocycles. The van der Waals surface area contributed by atoms with Crippen LogP contribution in [0.3, 0.4) is 0 Å². The molecule has 0 aromatic heterocycles. The van der Waals surface area contributed by atoms with Crippen molar-refractivity contribution >= 4 is 17.8 Å². The van der Waals surface area contributed by atoms with E-state index < -0.39 is 29.5 Å². The molecule has 2 atom stereocenters. The smallest absolute Gasteiger partial charge is 0.308 e. The van der Waals surface area contributed by atoms with Crippen molar-refractivity contribution in [2.75, 3.05) is 6.61 Å². The Morgan fingerprint density at radius 3 is 2.26 bits per heavy atom. The second-order valence-electron chi connectivity index (χ2n) is 7.26. The third kappa shape index (κ3) is 7.62. The number of primary amides is 1. The fraction of sp³-hybridized carbons (Fsp3) is 0.292. The summed E-state index contributed by atoms with van der Waals surface area (Å²) in [6.07, 6.45) is 1.37. The standard InChI is InChI=1S/C24H28N2O5/c1-3-31-24(30)16(2)13-20(26-23(29)21(27)15-22(25)28)14-17-9-11-19(12-10-17)18-7-5-4-6-8-18/h4-12,15-16,20,27H,3,13-14H2,1-2H3,(H2,25,28)(H,26,29)/b21-15-/t16-,20+/m1/s1. The van der Waals surface area contributed by atoms with Crippen molar-refractivity contribution in [3.8, 4) is 11.1 Å². The molecule has 2 rings (SSSR count). The number of carbonyl (C=O) groups excluding carboxylic acids is 3. The van der Waals surface area contributed by atoms with Crippen molar-refractivity contribution in [3.63, 3.8) is 0 Å². The van der Waals surface area contributed by atoms with Gasteiger partial charge in [-0.15, -0.1) is 0 Å². The summed E-state index contributed by atoms with van der Waals surface area (Å²) in [5.41, 5.74) is 8.08. The minimum absolute atomic E-state index is 0.267. The molecule has 2 amide bonds. The van der Waals surface area contributed by atoms with Gasteiger partial charge < -0.3 is 20.9 Å². The lowest BCUT2D eigenvalue weighted by Crippen LogP contribution is -2.39. The molecule has 0 aliphatic heterocycles. The number of carbonyl (C=O) groups is 3. The largest absolute Gasteiger partial charge is 0.503 e. The van der Waals surface area contributed by atoms with E-state index in [2.05, 4.69) is 5.32 Å². The molecule has 7 heteroatoms. The number of hydrogen-bond donors (Lipinski definition) is 3. The number of amides is 2. The molecule has 0 aliphatic carbocycles. The number of nitrogens with one attached hydrogen (secondary N) is 1. The first-order chi connectivity index (χ1) is 14.8. The van der Waals surface area contributed by atoms with E-state index in [4.69, 9.17) is 10.5 Å². The van der Waals surface area contributed by atoms with E-state index >= 15 is 0 Å². The normalized spacial score (nSPS) is 13.2. The van der Waals surface area contributed by atoms with Crippen LogP contribution >= 0.6 is 0 Å². The van der Waals surface area contributed by atoms with Gasteiger partial charge in [0.2, 0.25) is 5.91 Å². The Balaban J connectivity index is 2.16. The maximum atomic E-state index is 12.2. The van der Waals surface area contributed by atoms with Crippen LogP contribution in [0, 0.1) is 5.92 Å². The summed E-state index contributed by atoms with van der Waals surface area (Å²) in [6.45, 7) is 3.71. The van der Waals surface area contributed by atoms with Crippen LogP contribution in [0.5, 0.6) is 0 Å². The molecule has 0 fully saturated rings. The number of aliphatic hydroxyl groups is 1. The number of esters is 1. The van der Waals surface area contributed by atoms with Gasteiger partial charge in [-0.25, -0.2) is 0 Å². The Labute approximate surface area is 181 Å². The molecule has 0 bridgehead atoms. The fourth-order valence-electron chi connectivity index (χ4n) is 3.21. The van der Waals surface area contributed by atoms with Gasteiger partial charge in [0.1, 0.15) is 0 Å². The van der Waals surface area contributed by atoms with Crippen molar-refractivity contribution < 1.29 is 24.2 Å². The first-order valence-electron chi connectivity index (χ1n) is 10.1. The zero-order chi connectivity index (χ0) is 22.8. The highest BCUT2D eigenvalue weighted by atomic mass is 16.5. The van der Waals surface area contributed by atoms with Crippen LogP contribution in [0.25, 0.3) is 11.1 Å². The predicted molar refractivity (Wildman–Crippen MR) is 118 cm³/mol. The third-order valence-electron chi connectivity index (χ3n) is 4.72. The van der Waals surface area contributed by atoms with Crippen LogP contribution in [-0.4, -0.2) is 35.5 Å². The maximum Gasteiger partial charge on any atom is 0.308 e. The number of benzene rings is 2. The summed E-state index contributed by atoms with van der Waals surface area (Å²) in [4.78, 5) is 35.2. The molecule has 7 nitrogen and oxygen atoms in total. The summed E-state index contributed by atoms with van der Waals surface area (Å²) >= 11 is 0. The molecule has 31 heavy (non-hydrogen) atoms. The molecule has 0 radical (unpaired) electrons. The van der Waals surface area contributed by atoms with Gasteiger partial charge in [-0.05, 0) is 36.5 Å². The fourth-order valence-corrected chi connectivity index (χ4v) is 3.21. The molecular formula is C24H28N2O5. The number of hydrogen-bond acceptors (Lipinski definition) is 5. The summed E-state index contributed by atoms with van der Waals surface area (Å²) in [5.74, 6) is -3.36. The SMILES string of the molecule is CCOC(=O)[C@H](C)C[C@@H](Cc1ccc(-c2ccccc2)cc1)NC(=O)/C(O)=C/C(N)=O. The molecule has 2 aromatic carbocycles. The summed E-state index contributed by atoms with van der Waals surface area (Å²) in [6, 6.07) is 17.3. The Morgan fingerprint density at radius 2 is 1.68 bits per heavy atom. The lowest BCUT2D eigenvalue weighted by molar-refractivity contribution is -0.148. The molecule has 0 unspecified atom stereocenters. The number of nitrogens with two attached hydrogens (primary N) is 1. The van der Waals surface area contributed by atoms with Crippen LogP contribution in [-0.2, 0) is 25.5 Å². The van der Waals surface area contributed by atoms with Crippen LogP contribution < -0.4 is 11.1 Å². The van der Waals surface area contributed by atoms with Crippen LogP contribution in [0.1, 0.15) is 25.8 Å². The van der Waals surface area contributed by atoms with Crippen LogP contribution in [0.4, 0.5) is 0 Å². The van der Waals surface area contributed by atoms with Gasteiger partial charge in [0.05, 0.1) is 18.6 Å². The first-order valence-corrected chi connectivity index (χ1v) is 10.1. The Morgan fingerprint density at radius 1 is 1.06 bits per heavy atom. The van der Waals surface area contributed by atoms with E-state index in [0.717, 1.165) is 16.7 Å². The molecule has 0 saturated carbocycles. The Bertz CT molecular complexity index is 923. The number of aliphatic hydroxyl groups excluding tert-OH is 1. The Hall–Kier alpha value is -3.61. The predicted octanol–water partition coefficient (Wildman–Crippen LogP) is 2.90. The summed E-state index contributed by atoms with van der Waals surface area (Å²) in [5, 5.41) is 12.4. The van der Waals surface area contributed by atoms with Gasteiger partial charge in [0.15, 0.2) is 5.76 Å². The van der Waals surface area contributed by atoms with E-state index in [-0.39, 0.29) is 12.6 Å². The monoisotopic (exact) mass is 424 g/mol. The average molecular weight is 424 g/mol. The topological polar surface area (TPSA) is 119 Å². The second kappa shape index (κ2) is 11.5. The highest BCUT2D eigenvalue weighted by Crippen LogP contribution is 2.21. The average Bonchev–Trinajstić information content (AvgIpc) is 2.74. The molecule has 0 aliphatic rings. The maximum absolute atomic E-state index is 12.2. The van der Waals surface area contributed by atoms with Crippen molar-refractivity contribution in [2.45, 2.75) is 32.7 Å². The van der Waals surface area contributed by atoms with Crippen LogP contribution in [0.2, 0.25) is 0 Å². The molecule has 164 valence electrons. The number of rotatable bonds is 10. The van der Waals surface area contributed by atoms with Gasteiger partial charge in [-0.1, -0.05) is 61.5 Å². The van der Waals surface area contributed by atoms with Crippen LogP contribution in [0.15, 0.2) is 66.4 Å². The van der Waals surface area contributed by atoms with Crippen molar-refractivity contribution in [3.05, 3.63) is 72.0 Å². The highest BCUT2D eigenvalue weighted by molar-refractivity contribution is 5.98. The van der Waals surface area contributed by atoms with E-state index in [1.165, 1.54) is 0 Å². The lowest BCUT2D eigenvalue weighted by atomic mass is 9.94. The zero-order valence-electron chi connectivity index (χ0n) is 17.7. The number of ether oxygens (including phenoxy) is 1. The second-order valence-corrected chi connectivity index (χ2v) is 7.26. The van der Waals surface area contributed by atoms with Gasteiger partial charge in [-0.2, -0.15) is 0 Å². The van der Waals surface area contributed by atoms with Gasteiger partial charge >= 0.3 is 5.97 Å². The van der Waals surface area contributed by atoms with E-state index in [9.17, 15) is 19.5 Å². The minimum Gasteiger partial charge on any atom is -0.503 e. The molecule has 0 saturated heterocycles. The van der Waals surface area contributed by atoms with Crippen molar-refractivity contribution in [1.82, 2.24) is 5.32 Å². The minimum atomic E-state index is -0.930. The van der Waals surface area contributed by atoms with Gasteiger partial charge in [0.25, 0.3) is 5.91 Å². The molecule has 4 N–H and O–H groups in total. The summed E-state index contributed by atoms with van der Waals surface area (Å²) < 4.78 is 5.05. The van der Waals surface area contributed by atoms with Crippen molar-refractivity contribution in [1.29, 1.82) is 0 Å². The first kappa shape index (κ1) is 23.7. The quantitative estimate of drug-likeness (QED) is 0.308. The molecule has 0 spiro atoms. The van der Waals surface area contributed by atoms with Gasteiger partial charge in [-0.3, -0.25) is 14.4 Å². The van der Waals surface area contributed by atoms with E-state index in [0.29, 0.717) is 18.9 Å². The lowest BCUT2D eigenvalue weighted by Gasteiger charge is -2.22. The zero-order valence-corrected chi connectivity index (χ0v) is 17.7. The highest BCUT2D eigenvalue weighted by Gasteiger charge is 2.23. The van der Waals surface area contributed by atoms with Gasteiger partial charge in [0, 0.05) is 6.04 Å². The van der Waals surface area contributed by atoms with E-state index in [1.807, 2.05) is 54.6 Å². The molecular weight excluding hydrogens is 396 g/mol. The Kier molecular flexibility index (Phi) is 8.81. The molecule has 2 aromatic rings. The van der Waals surface area contributed by atoms with Crippen molar-refractivity contribution in [2.24, 2.45) is 11.7 Å². The third-order valence-corrected chi connectivity index (χ3v) is 4.72. The van der Waals surface area contributed by atoms with E-state index in [1.54, 1.807) is 13.8 Å².